The van der Waals surface area contributed by atoms with Crippen LogP contribution >= 0.6 is 0 Å². The second kappa shape index (κ2) is 9.30. The van der Waals surface area contributed by atoms with Gasteiger partial charge in [0.2, 0.25) is 0 Å². The lowest BCUT2D eigenvalue weighted by atomic mass is 10.0. The highest BCUT2D eigenvalue weighted by Crippen LogP contribution is 2.20. The van der Waals surface area contributed by atoms with Crippen LogP contribution in [-0.4, -0.2) is 58.2 Å². The summed E-state index contributed by atoms with van der Waals surface area (Å²) >= 11 is 0. The second-order valence-corrected chi connectivity index (χ2v) is 8.75. The summed E-state index contributed by atoms with van der Waals surface area (Å²) in [6, 6.07) is 17.4. The van der Waals surface area contributed by atoms with E-state index in [1.165, 1.54) is 5.56 Å². The van der Waals surface area contributed by atoms with Gasteiger partial charge in [0, 0.05) is 32.2 Å². The zero-order valence-electron chi connectivity index (χ0n) is 17.9. The van der Waals surface area contributed by atoms with Crippen molar-refractivity contribution in [1.82, 2.24) is 9.80 Å². The van der Waals surface area contributed by atoms with Gasteiger partial charge in [-0.3, -0.25) is 4.90 Å². The van der Waals surface area contributed by atoms with Crippen LogP contribution < -0.4 is 0 Å². The molecule has 1 aliphatic rings. The molecule has 1 amide bonds. The average Bonchev–Trinajstić information content (AvgIpc) is 2.69. The largest absolute Gasteiger partial charge is 0.478 e. The molecule has 0 radical (unpaired) electrons. The maximum absolute atomic E-state index is 12.6. The number of carbonyl (C=O) groups excluding carboxylic acids is 1. The fourth-order valence-electron chi connectivity index (χ4n) is 3.71. The van der Waals surface area contributed by atoms with E-state index in [4.69, 9.17) is 4.74 Å². The predicted molar refractivity (Wildman–Crippen MR) is 116 cm³/mol. The molecular formula is C24H30N2O4. The fraction of sp³-hybridized carbons (Fsp3) is 0.417. The molecule has 6 heteroatoms. The summed E-state index contributed by atoms with van der Waals surface area (Å²) in [7, 11) is 0. The van der Waals surface area contributed by atoms with E-state index in [2.05, 4.69) is 17.0 Å². The van der Waals surface area contributed by atoms with E-state index >= 15 is 0 Å². The Morgan fingerprint density at radius 2 is 1.73 bits per heavy atom. The van der Waals surface area contributed by atoms with E-state index in [-0.39, 0.29) is 12.1 Å². The van der Waals surface area contributed by atoms with Gasteiger partial charge in [0.15, 0.2) is 0 Å². The molecule has 0 saturated carbocycles. The van der Waals surface area contributed by atoms with Crippen molar-refractivity contribution < 1.29 is 19.4 Å². The Morgan fingerprint density at radius 1 is 1.03 bits per heavy atom. The molecule has 30 heavy (non-hydrogen) atoms. The van der Waals surface area contributed by atoms with Gasteiger partial charge in [-0.05, 0) is 50.5 Å². The van der Waals surface area contributed by atoms with Crippen molar-refractivity contribution in [2.45, 2.75) is 45.4 Å². The van der Waals surface area contributed by atoms with E-state index in [1.54, 1.807) is 23.1 Å². The number of rotatable bonds is 5. The van der Waals surface area contributed by atoms with Crippen molar-refractivity contribution in [1.29, 1.82) is 0 Å². The molecule has 1 heterocycles. The molecular weight excluding hydrogens is 380 g/mol. The molecule has 1 fully saturated rings. The Balaban J connectivity index is 1.76. The number of carbonyl (C=O) groups is 2. The van der Waals surface area contributed by atoms with E-state index in [0.717, 1.165) is 12.0 Å². The van der Waals surface area contributed by atoms with Gasteiger partial charge in [0.25, 0.3) is 0 Å². The number of amides is 1. The Bertz CT molecular complexity index is 876. The SMILES string of the molecule is CC(C)(C)OC(=O)N1CCN(Cc2cccc(C(=O)O)c2)C(Cc2ccccc2)C1. The number of carboxylic acids is 1. The molecule has 2 aromatic carbocycles. The minimum absolute atomic E-state index is 0.113. The summed E-state index contributed by atoms with van der Waals surface area (Å²) in [4.78, 5) is 28.0. The van der Waals surface area contributed by atoms with Crippen molar-refractivity contribution in [3.05, 3.63) is 71.3 Å². The van der Waals surface area contributed by atoms with Crippen LogP contribution in [-0.2, 0) is 17.7 Å². The number of aromatic carboxylic acids is 1. The van der Waals surface area contributed by atoms with Gasteiger partial charge in [-0.25, -0.2) is 9.59 Å². The summed E-state index contributed by atoms with van der Waals surface area (Å²) < 4.78 is 5.57. The first-order valence-corrected chi connectivity index (χ1v) is 10.3. The van der Waals surface area contributed by atoms with E-state index < -0.39 is 11.6 Å². The molecule has 6 nitrogen and oxygen atoms in total. The van der Waals surface area contributed by atoms with Crippen LogP contribution in [0.25, 0.3) is 0 Å². The number of piperazine rings is 1. The highest BCUT2D eigenvalue weighted by Gasteiger charge is 2.32. The Hall–Kier alpha value is -2.86. The van der Waals surface area contributed by atoms with Gasteiger partial charge >= 0.3 is 12.1 Å². The van der Waals surface area contributed by atoms with Crippen LogP contribution in [0.4, 0.5) is 4.79 Å². The molecule has 0 spiro atoms. The second-order valence-electron chi connectivity index (χ2n) is 8.75. The number of nitrogens with zero attached hydrogens (tertiary/aromatic N) is 2. The molecule has 0 aromatic heterocycles. The smallest absolute Gasteiger partial charge is 0.410 e. The molecule has 3 rings (SSSR count). The molecule has 1 unspecified atom stereocenters. The van der Waals surface area contributed by atoms with E-state index in [0.29, 0.717) is 31.7 Å². The molecule has 2 aromatic rings. The number of carboxylic acid groups (broad SMARTS) is 1. The lowest BCUT2D eigenvalue weighted by Gasteiger charge is -2.42. The highest BCUT2D eigenvalue weighted by molar-refractivity contribution is 5.87. The molecule has 0 aliphatic carbocycles. The van der Waals surface area contributed by atoms with Crippen molar-refractivity contribution >= 4 is 12.1 Å². The maximum Gasteiger partial charge on any atom is 0.410 e. The Morgan fingerprint density at radius 3 is 2.40 bits per heavy atom. The quantitative estimate of drug-likeness (QED) is 0.805. The lowest BCUT2D eigenvalue weighted by molar-refractivity contribution is 0.00238. The van der Waals surface area contributed by atoms with E-state index in [1.807, 2.05) is 45.0 Å². The van der Waals surface area contributed by atoms with Crippen molar-refractivity contribution in [2.24, 2.45) is 0 Å². The number of ether oxygens (including phenoxy) is 1. The normalized spacial score (nSPS) is 17.6. The number of hydrogen-bond acceptors (Lipinski definition) is 4. The van der Waals surface area contributed by atoms with Crippen LogP contribution in [0.2, 0.25) is 0 Å². The monoisotopic (exact) mass is 410 g/mol. The standard InChI is InChI=1S/C24H30N2O4/c1-24(2,3)30-23(29)26-13-12-25(16-19-10-7-11-20(14-19)22(27)28)21(17-26)15-18-8-5-4-6-9-18/h4-11,14,21H,12-13,15-17H2,1-3H3,(H,27,28). The third-order valence-electron chi connectivity index (χ3n) is 5.13. The maximum atomic E-state index is 12.6. The van der Waals surface area contributed by atoms with Gasteiger partial charge < -0.3 is 14.7 Å². The molecule has 1 N–H and O–H groups in total. The molecule has 1 saturated heterocycles. The summed E-state index contributed by atoms with van der Waals surface area (Å²) in [6.07, 6.45) is 0.520. The number of benzene rings is 2. The van der Waals surface area contributed by atoms with Gasteiger partial charge in [-0.2, -0.15) is 0 Å². The predicted octanol–water partition coefficient (Wildman–Crippen LogP) is 4.05. The first kappa shape index (κ1) is 21.8. The highest BCUT2D eigenvalue weighted by atomic mass is 16.6. The van der Waals surface area contributed by atoms with Crippen LogP contribution in [0.15, 0.2) is 54.6 Å². The minimum Gasteiger partial charge on any atom is -0.478 e. The van der Waals surface area contributed by atoms with Crippen molar-refractivity contribution in [3.63, 3.8) is 0 Å². The zero-order chi connectivity index (χ0) is 21.7. The van der Waals surface area contributed by atoms with Gasteiger partial charge in [-0.1, -0.05) is 42.5 Å². The summed E-state index contributed by atoms with van der Waals surface area (Å²) in [6.45, 7) is 8.12. The van der Waals surface area contributed by atoms with Crippen molar-refractivity contribution in [3.8, 4) is 0 Å². The van der Waals surface area contributed by atoms with Crippen LogP contribution in [0.5, 0.6) is 0 Å². The summed E-state index contributed by atoms with van der Waals surface area (Å²) in [5.41, 5.74) is 1.93. The van der Waals surface area contributed by atoms with Gasteiger partial charge in [0.1, 0.15) is 5.60 Å². The first-order valence-electron chi connectivity index (χ1n) is 10.3. The fourth-order valence-corrected chi connectivity index (χ4v) is 3.71. The molecule has 160 valence electrons. The zero-order valence-corrected chi connectivity index (χ0v) is 17.9. The minimum atomic E-state index is -0.924. The molecule has 0 bridgehead atoms. The third kappa shape index (κ3) is 6.07. The third-order valence-corrected chi connectivity index (χ3v) is 5.13. The van der Waals surface area contributed by atoms with Crippen molar-refractivity contribution in [2.75, 3.05) is 19.6 Å². The first-order chi connectivity index (χ1) is 14.2. The lowest BCUT2D eigenvalue weighted by Crippen LogP contribution is -2.55. The number of hydrogen-bond donors (Lipinski definition) is 1. The molecule has 1 atom stereocenters. The van der Waals surface area contributed by atoms with Crippen LogP contribution in [0.1, 0.15) is 42.3 Å². The summed E-state index contributed by atoms with van der Waals surface area (Å²) in [5.74, 6) is -0.924. The van der Waals surface area contributed by atoms with Crippen LogP contribution in [0, 0.1) is 0 Å². The van der Waals surface area contributed by atoms with Crippen LogP contribution in [0.3, 0.4) is 0 Å². The Kier molecular flexibility index (Phi) is 6.77. The van der Waals surface area contributed by atoms with Gasteiger partial charge in [-0.15, -0.1) is 0 Å². The van der Waals surface area contributed by atoms with Gasteiger partial charge in [0.05, 0.1) is 5.56 Å². The van der Waals surface area contributed by atoms with E-state index in [9.17, 15) is 14.7 Å². The average molecular weight is 411 g/mol. The summed E-state index contributed by atoms with van der Waals surface area (Å²) in [5, 5.41) is 9.28. The Labute approximate surface area is 178 Å². The molecule has 1 aliphatic heterocycles. The topological polar surface area (TPSA) is 70.1 Å².